The number of alkyl carbamates (subject to hydrolysis) is 1. The molecule has 2 atom stereocenters. The summed E-state index contributed by atoms with van der Waals surface area (Å²) in [7, 11) is 0. The smallest absolute Gasteiger partial charge is 0.407 e. The number of aliphatic carboxylic acids is 1. The fraction of sp³-hybridized carbons (Fsp3) is 0.867. The Morgan fingerprint density at radius 2 is 1.75 bits per heavy atom. The molecule has 1 saturated carbocycles. The molecule has 0 radical (unpaired) electrons. The summed E-state index contributed by atoms with van der Waals surface area (Å²) >= 11 is 0. The van der Waals surface area contributed by atoms with Gasteiger partial charge in [-0.05, 0) is 39.5 Å². The van der Waals surface area contributed by atoms with E-state index >= 15 is 0 Å². The van der Waals surface area contributed by atoms with Crippen LogP contribution < -0.4 is 5.32 Å². The van der Waals surface area contributed by atoms with Crippen LogP contribution in [0.15, 0.2) is 0 Å². The van der Waals surface area contributed by atoms with E-state index in [0.717, 1.165) is 38.5 Å². The highest BCUT2D eigenvalue weighted by molar-refractivity contribution is 5.69. The number of carbonyl (C=O) groups is 2. The monoisotopic (exact) mass is 285 g/mol. The maximum absolute atomic E-state index is 11.9. The summed E-state index contributed by atoms with van der Waals surface area (Å²) in [6.45, 7) is 5.46. The second-order valence-corrected chi connectivity index (χ2v) is 6.60. The maximum Gasteiger partial charge on any atom is 0.407 e. The molecule has 0 spiro atoms. The fourth-order valence-electron chi connectivity index (χ4n) is 2.68. The Bertz CT molecular complexity index is 335. The van der Waals surface area contributed by atoms with E-state index in [-0.39, 0.29) is 18.4 Å². The Morgan fingerprint density at radius 3 is 2.30 bits per heavy atom. The van der Waals surface area contributed by atoms with Gasteiger partial charge in [0.1, 0.15) is 5.60 Å². The van der Waals surface area contributed by atoms with Gasteiger partial charge in [0, 0.05) is 6.04 Å². The second-order valence-electron chi connectivity index (χ2n) is 6.60. The number of hydrogen-bond donors (Lipinski definition) is 2. The lowest BCUT2D eigenvalue weighted by Gasteiger charge is -2.30. The minimum atomic E-state index is -0.799. The van der Waals surface area contributed by atoms with Gasteiger partial charge < -0.3 is 15.2 Å². The van der Waals surface area contributed by atoms with Crippen molar-refractivity contribution >= 4 is 12.1 Å². The molecule has 5 nitrogen and oxygen atoms in total. The van der Waals surface area contributed by atoms with E-state index in [1.54, 1.807) is 0 Å². The lowest BCUT2D eigenvalue weighted by molar-refractivity contribution is -0.138. The van der Waals surface area contributed by atoms with Gasteiger partial charge in [-0.1, -0.05) is 25.7 Å². The van der Waals surface area contributed by atoms with Gasteiger partial charge in [-0.25, -0.2) is 4.79 Å². The molecule has 20 heavy (non-hydrogen) atoms. The number of ether oxygens (including phenoxy) is 1. The van der Waals surface area contributed by atoms with Crippen molar-refractivity contribution in [1.82, 2.24) is 5.32 Å². The van der Waals surface area contributed by atoms with Crippen molar-refractivity contribution < 1.29 is 19.4 Å². The zero-order valence-corrected chi connectivity index (χ0v) is 12.8. The van der Waals surface area contributed by atoms with Crippen LogP contribution in [0.4, 0.5) is 4.79 Å². The van der Waals surface area contributed by atoms with Crippen molar-refractivity contribution in [3.05, 3.63) is 0 Å². The van der Waals surface area contributed by atoms with E-state index in [2.05, 4.69) is 5.32 Å². The summed E-state index contributed by atoms with van der Waals surface area (Å²) in [5.41, 5.74) is -0.534. The van der Waals surface area contributed by atoms with Crippen molar-refractivity contribution in [2.24, 2.45) is 5.92 Å². The van der Waals surface area contributed by atoms with Crippen LogP contribution in [0.5, 0.6) is 0 Å². The molecule has 2 N–H and O–H groups in total. The summed E-state index contributed by atoms with van der Waals surface area (Å²) in [6.07, 6.45) is 5.70. The van der Waals surface area contributed by atoms with E-state index < -0.39 is 17.7 Å². The predicted molar refractivity (Wildman–Crippen MR) is 76.6 cm³/mol. The normalized spacial score (nSPS) is 24.4. The molecule has 0 bridgehead atoms. The van der Waals surface area contributed by atoms with Gasteiger partial charge >= 0.3 is 12.1 Å². The molecule has 116 valence electrons. The number of rotatable bonds is 3. The molecule has 0 aromatic carbocycles. The molecular weight excluding hydrogens is 258 g/mol. The van der Waals surface area contributed by atoms with Crippen LogP contribution in [0.1, 0.15) is 65.7 Å². The van der Waals surface area contributed by atoms with E-state index in [0.29, 0.717) is 0 Å². The Labute approximate surface area is 121 Å². The maximum atomic E-state index is 11.9. The quantitative estimate of drug-likeness (QED) is 0.834. The Balaban J connectivity index is 2.63. The molecule has 0 unspecified atom stereocenters. The molecule has 0 aliphatic heterocycles. The molecular formula is C15H27NO4. The SMILES string of the molecule is CC(C)(C)OC(=O)N[C@H]1CCCCCC[C@H]1CC(=O)O. The molecule has 0 aromatic heterocycles. The molecule has 1 rings (SSSR count). The molecule has 5 heteroatoms. The summed E-state index contributed by atoms with van der Waals surface area (Å²) < 4.78 is 5.27. The third-order valence-corrected chi connectivity index (χ3v) is 3.55. The largest absolute Gasteiger partial charge is 0.481 e. The summed E-state index contributed by atoms with van der Waals surface area (Å²) in [6, 6.07) is -0.0961. The van der Waals surface area contributed by atoms with Crippen LogP contribution in [0, 0.1) is 5.92 Å². The average Bonchev–Trinajstić information content (AvgIpc) is 2.24. The Kier molecular flexibility index (Phi) is 6.30. The number of nitrogens with one attached hydrogen (secondary N) is 1. The van der Waals surface area contributed by atoms with Gasteiger partial charge in [0.25, 0.3) is 0 Å². The van der Waals surface area contributed by atoms with Crippen molar-refractivity contribution in [3.63, 3.8) is 0 Å². The molecule has 0 aromatic rings. The summed E-state index contributed by atoms with van der Waals surface area (Å²) in [5.74, 6) is -0.799. The number of hydrogen-bond acceptors (Lipinski definition) is 3. The minimum absolute atomic E-state index is 0.000295. The van der Waals surface area contributed by atoms with E-state index in [1.807, 2.05) is 20.8 Å². The highest BCUT2D eigenvalue weighted by Crippen LogP contribution is 2.25. The number of carboxylic acids is 1. The van der Waals surface area contributed by atoms with E-state index in [1.165, 1.54) is 0 Å². The van der Waals surface area contributed by atoms with E-state index in [9.17, 15) is 9.59 Å². The van der Waals surface area contributed by atoms with Gasteiger partial charge in [-0.15, -0.1) is 0 Å². The lowest BCUT2D eigenvalue weighted by atomic mass is 9.85. The molecule has 1 aliphatic carbocycles. The minimum Gasteiger partial charge on any atom is -0.481 e. The molecule has 1 fully saturated rings. The zero-order valence-electron chi connectivity index (χ0n) is 12.8. The standard InChI is InChI=1S/C15H27NO4/c1-15(2,3)20-14(19)16-12-9-7-5-4-6-8-11(12)10-13(17)18/h11-12H,4-10H2,1-3H3,(H,16,19)(H,17,18)/t11-,12-/m0/s1. The van der Waals surface area contributed by atoms with Crippen molar-refractivity contribution in [1.29, 1.82) is 0 Å². The second kappa shape index (κ2) is 7.50. The number of carbonyl (C=O) groups excluding carboxylic acids is 1. The average molecular weight is 285 g/mol. The van der Waals surface area contributed by atoms with Crippen molar-refractivity contribution in [3.8, 4) is 0 Å². The molecule has 1 amide bonds. The van der Waals surface area contributed by atoms with Crippen LogP contribution in [0.2, 0.25) is 0 Å². The topological polar surface area (TPSA) is 75.6 Å². The van der Waals surface area contributed by atoms with Gasteiger partial charge in [-0.2, -0.15) is 0 Å². The van der Waals surface area contributed by atoms with Gasteiger partial charge in [0.05, 0.1) is 6.42 Å². The number of amides is 1. The van der Waals surface area contributed by atoms with Gasteiger partial charge in [0.15, 0.2) is 0 Å². The highest BCUT2D eigenvalue weighted by Gasteiger charge is 2.28. The Hall–Kier alpha value is -1.26. The fourth-order valence-corrected chi connectivity index (χ4v) is 2.68. The summed E-state index contributed by atoms with van der Waals surface area (Å²) in [5, 5.41) is 11.9. The Morgan fingerprint density at radius 1 is 1.15 bits per heavy atom. The van der Waals surface area contributed by atoms with Crippen molar-refractivity contribution in [2.45, 2.75) is 77.4 Å². The van der Waals surface area contributed by atoms with Crippen LogP contribution in [-0.2, 0) is 9.53 Å². The first-order valence-corrected chi connectivity index (χ1v) is 7.49. The molecule has 1 aliphatic rings. The summed E-state index contributed by atoms with van der Waals surface area (Å²) in [4.78, 5) is 22.9. The predicted octanol–water partition coefficient (Wildman–Crippen LogP) is 3.32. The first kappa shape index (κ1) is 16.8. The van der Waals surface area contributed by atoms with Crippen LogP contribution in [0.25, 0.3) is 0 Å². The molecule has 0 saturated heterocycles. The molecule has 0 heterocycles. The van der Waals surface area contributed by atoms with Crippen LogP contribution >= 0.6 is 0 Å². The third-order valence-electron chi connectivity index (χ3n) is 3.55. The zero-order chi connectivity index (χ0) is 15.2. The van der Waals surface area contributed by atoms with Crippen LogP contribution in [0.3, 0.4) is 0 Å². The van der Waals surface area contributed by atoms with Crippen molar-refractivity contribution in [2.75, 3.05) is 0 Å². The number of carboxylic acid groups (broad SMARTS) is 1. The first-order chi connectivity index (χ1) is 9.28. The lowest BCUT2D eigenvalue weighted by Crippen LogP contribution is -2.44. The van der Waals surface area contributed by atoms with Crippen LogP contribution in [-0.4, -0.2) is 28.8 Å². The van der Waals surface area contributed by atoms with Gasteiger partial charge in [0.2, 0.25) is 0 Å². The van der Waals surface area contributed by atoms with Gasteiger partial charge in [-0.3, -0.25) is 4.79 Å². The highest BCUT2D eigenvalue weighted by atomic mass is 16.6. The third kappa shape index (κ3) is 6.78. The first-order valence-electron chi connectivity index (χ1n) is 7.49. The van der Waals surface area contributed by atoms with E-state index in [4.69, 9.17) is 9.84 Å².